The van der Waals surface area contributed by atoms with E-state index in [-0.39, 0.29) is 11.3 Å². The standard InChI is InChI=1S/C31H31N5O4/c1-5-9-26-33-25(6-2)28(39-27-17-19(3)16-20(4)32-27)30(37)36(26)18-21-12-14-22(15-13-21)23-10-7-8-11-24(23)29-34-31(38)40-35-29/h7-8,10-17H,5-6,9,18H2,1-4H3,(H,34,35,38). The van der Waals surface area contributed by atoms with Crippen LogP contribution in [0.4, 0.5) is 0 Å². The summed E-state index contributed by atoms with van der Waals surface area (Å²) >= 11 is 0. The monoisotopic (exact) mass is 537 g/mol. The van der Waals surface area contributed by atoms with Gasteiger partial charge in [0.2, 0.25) is 11.6 Å². The van der Waals surface area contributed by atoms with Crippen LogP contribution in [0.2, 0.25) is 0 Å². The van der Waals surface area contributed by atoms with E-state index in [0.717, 1.165) is 45.8 Å². The number of hydrogen-bond donors (Lipinski definition) is 1. The van der Waals surface area contributed by atoms with Gasteiger partial charge in [0, 0.05) is 23.7 Å². The minimum Gasteiger partial charge on any atom is -0.431 e. The first kappa shape index (κ1) is 26.8. The van der Waals surface area contributed by atoms with Crippen LogP contribution in [0.5, 0.6) is 11.6 Å². The molecule has 2 aromatic carbocycles. The lowest BCUT2D eigenvalue weighted by Gasteiger charge is -2.17. The molecule has 0 radical (unpaired) electrons. The van der Waals surface area contributed by atoms with Crippen molar-refractivity contribution in [1.29, 1.82) is 0 Å². The van der Waals surface area contributed by atoms with Crippen LogP contribution < -0.4 is 16.1 Å². The van der Waals surface area contributed by atoms with Crippen LogP contribution in [0.1, 0.15) is 48.6 Å². The van der Waals surface area contributed by atoms with Crippen molar-refractivity contribution in [1.82, 2.24) is 24.7 Å². The normalized spacial score (nSPS) is 11.1. The van der Waals surface area contributed by atoms with Gasteiger partial charge in [0.25, 0.3) is 5.56 Å². The molecule has 9 nitrogen and oxygen atoms in total. The van der Waals surface area contributed by atoms with Crippen molar-refractivity contribution in [2.24, 2.45) is 0 Å². The molecular weight excluding hydrogens is 506 g/mol. The van der Waals surface area contributed by atoms with Crippen molar-refractivity contribution in [2.45, 2.75) is 53.5 Å². The Morgan fingerprint density at radius 2 is 1.70 bits per heavy atom. The van der Waals surface area contributed by atoms with Gasteiger partial charge in [-0.15, -0.1) is 0 Å². The number of nitrogens with zero attached hydrogens (tertiary/aromatic N) is 4. The van der Waals surface area contributed by atoms with E-state index < -0.39 is 5.76 Å². The Hall–Kier alpha value is -4.79. The zero-order chi connectivity index (χ0) is 28.2. The third kappa shape index (κ3) is 5.63. The minimum absolute atomic E-state index is 0.215. The number of benzene rings is 2. The highest BCUT2D eigenvalue weighted by Crippen LogP contribution is 2.30. The van der Waals surface area contributed by atoms with Gasteiger partial charge in [-0.2, -0.15) is 0 Å². The zero-order valence-corrected chi connectivity index (χ0v) is 23.0. The predicted molar refractivity (Wildman–Crippen MR) is 153 cm³/mol. The van der Waals surface area contributed by atoms with Crippen molar-refractivity contribution >= 4 is 0 Å². The number of pyridine rings is 1. The van der Waals surface area contributed by atoms with E-state index in [1.54, 1.807) is 4.57 Å². The Morgan fingerprint density at radius 1 is 0.950 bits per heavy atom. The second kappa shape index (κ2) is 11.5. The van der Waals surface area contributed by atoms with Crippen LogP contribution in [-0.2, 0) is 19.4 Å². The summed E-state index contributed by atoms with van der Waals surface area (Å²) in [6.07, 6.45) is 2.10. The maximum Gasteiger partial charge on any atom is 0.439 e. The molecule has 0 saturated carbocycles. The number of ether oxygens (including phenoxy) is 1. The summed E-state index contributed by atoms with van der Waals surface area (Å²) in [5.74, 6) is 1.10. The summed E-state index contributed by atoms with van der Waals surface area (Å²) in [5, 5.41) is 3.84. The average molecular weight is 538 g/mol. The molecule has 0 aliphatic heterocycles. The van der Waals surface area contributed by atoms with Gasteiger partial charge in [0.1, 0.15) is 5.82 Å². The molecule has 0 bridgehead atoms. The van der Waals surface area contributed by atoms with Crippen molar-refractivity contribution in [3.05, 3.63) is 110 Å². The minimum atomic E-state index is -0.604. The van der Waals surface area contributed by atoms with Crippen molar-refractivity contribution in [3.63, 3.8) is 0 Å². The van der Waals surface area contributed by atoms with Gasteiger partial charge in [-0.25, -0.2) is 14.8 Å². The molecule has 5 rings (SSSR count). The first-order chi connectivity index (χ1) is 19.4. The summed E-state index contributed by atoms with van der Waals surface area (Å²) < 4.78 is 12.5. The van der Waals surface area contributed by atoms with E-state index in [4.69, 9.17) is 14.2 Å². The molecule has 5 aromatic rings. The maximum atomic E-state index is 13.8. The largest absolute Gasteiger partial charge is 0.439 e. The van der Waals surface area contributed by atoms with Crippen molar-refractivity contribution in [3.8, 4) is 34.1 Å². The summed E-state index contributed by atoms with van der Waals surface area (Å²) in [7, 11) is 0. The number of aryl methyl sites for hydroxylation is 4. The predicted octanol–water partition coefficient (Wildman–Crippen LogP) is 5.62. The van der Waals surface area contributed by atoms with Crippen LogP contribution >= 0.6 is 0 Å². The van der Waals surface area contributed by atoms with Gasteiger partial charge < -0.3 is 4.74 Å². The SMILES string of the molecule is CCCc1nc(CC)c(Oc2cc(C)cc(C)n2)c(=O)n1Cc1ccc(-c2ccccc2-c2noc(=O)[nH]2)cc1. The Morgan fingerprint density at radius 3 is 2.35 bits per heavy atom. The fraction of sp³-hybridized carbons (Fsp3) is 0.258. The summed E-state index contributed by atoms with van der Waals surface area (Å²) in [6, 6.07) is 19.4. The number of nitrogens with one attached hydrogen (secondary N) is 1. The molecule has 0 saturated heterocycles. The van der Waals surface area contributed by atoms with E-state index >= 15 is 0 Å². The second-order valence-corrected chi connectivity index (χ2v) is 9.71. The van der Waals surface area contributed by atoms with Crippen LogP contribution in [-0.4, -0.2) is 24.7 Å². The molecule has 204 valence electrons. The molecule has 0 atom stereocenters. The lowest BCUT2D eigenvalue weighted by Crippen LogP contribution is -2.28. The maximum absolute atomic E-state index is 13.8. The number of aromatic amines is 1. The quantitative estimate of drug-likeness (QED) is 0.259. The van der Waals surface area contributed by atoms with E-state index in [2.05, 4.69) is 22.0 Å². The lowest BCUT2D eigenvalue weighted by atomic mass is 9.98. The highest BCUT2D eigenvalue weighted by molar-refractivity contribution is 5.80. The van der Waals surface area contributed by atoms with Crippen LogP contribution in [0.3, 0.4) is 0 Å². The van der Waals surface area contributed by atoms with E-state index in [1.165, 1.54) is 0 Å². The Kier molecular flexibility index (Phi) is 7.72. The third-order valence-corrected chi connectivity index (χ3v) is 6.59. The molecule has 9 heteroatoms. The zero-order valence-electron chi connectivity index (χ0n) is 23.0. The van der Waals surface area contributed by atoms with Crippen LogP contribution in [0.25, 0.3) is 22.5 Å². The van der Waals surface area contributed by atoms with E-state index in [9.17, 15) is 9.59 Å². The first-order valence-electron chi connectivity index (χ1n) is 13.4. The Bertz CT molecular complexity index is 1750. The molecule has 1 N–H and O–H groups in total. The summed E-state index contributed by atoms with van der Waals surface area (Å²) in [5.41, 5.74) is 5.76. The number of hydrogen-bond acceptors (Lipinski definition) is 7. The van der Waals surface area contributed by atoms with Gasteiger partial charge in [-0.05, 0) is 55.0 Å². The fourth-order valence-electron chi connectivity index (χ4n) is 4.77. The van der Waals surface area contributed by atoms with Gasteiger partial charge >= 0.3 is 5.76 Å². The molecule has 0 aliphatic rings. The topological polar surface area (TPSA) is 116 Å². The van der Waals surface area contributed by atoms with E-state index in [0.29, 0.717) is 36.8 Å². The molecule has 0 amide bonds. The molecule has 3 aromatic heterocycles. The van der Waals surface area contributed by atoms with Crippen molar-refractivity contribution in [2.75, 3.05) is 0 Å². The first-order valence-corrected chi connectivity index (χ1v) is 13.4. The summed E-state index contributed by atoms with van der Waals surface area (Å²) in [6.45, 7) is 8.25. The number of rotatable bonds is 9. The van der Waals surface area contributed by atoms with Gasteiger partial charge in [0.15, 0.2) is 5.82 Å². The van der Waals surface area contributed by atoms with E-state index in [1.807, 2.05) is 81.4 Å². The lowest BCUT2D eigenvalue weighted by molar-refractivity contribution is 0.388. The highest BCUT2D eigenvalue weighted by atomic mass is 16.5. The second-order valence-electron chi connectivity index (χ2n) is 9.71. The van der Waals surface area contributed by atoms with Gasteiger partial charge in [-0.3, -0.25) is 18.9 Å². The fourth-order valence-corrected chi connectivity index (χ4v) is 4.77. The van der Waals surface area contributed by atoms with Gasteiger partial charge in [-0.1, -0.05) is 67.5 Å². The molecule has 0 fully saturated rings. The number of H-pyrrole nitrogens is 1. The molecule has 0 unspecified atom stereocenters. The van der Waals surface area contributed by atoms with Crippen LogP contribution in [0.15, 0.2) is 74.8 Å². The van der Waals surface area contributed by atoms with Crippen LogP contribution in [0, 0.1) is 13.8 Å². The Balaban J connectivity index is 1.50. The average Bonchev–Trinajstić information content (AvgIpc) is 3.38. The number of aromatic nitrogens is 5. The summed E-state index contributed by atoms with van der Waals surface area (Å²) in [4.78, 5) is 37.3. The third-order valence-electron chi connectivity index (χ3n) is 6.59. The highest BCUT2D eigenvalue weighted by Gasteiger charge is 2.19. The molecule has 3 heterocycles. The molecule has 0 spiro atoms. The molecule has 40 heavy (non-hydrogen) atoms. The molecule has 0 aliphatic carbocycles. The smallest absolute Gasteiger partial charge is 0.431 e. The van der Waals surface area contributed by atoms with Crippen molar-refractivity contribution < 1.29 is 9.26 Å². The molecular formula is C31H31N5O4. The van der Waals surface area contributed by atoms with Gasteiger partial charge in [0.05, 0.1) is 12.2 Å². The Labute approximate surface area is 231 Å².